The second kappa shape index (κ2) is 11.3. The van der Waals surface area contributed by atoms with E-state index in [0.29, 0.717) is 5.56 Å². The number of nitriles is 1. The van der Waals surface area contributed by atoms with E-state index in [1.165, 1.54) is 6.07 Å². The van der Waals surface area contributed by atoms with Gasteiger partial charge in [0.15, 0.2) is 6.04 Å². The Morgan fingerprint density at radius 3 is 2.26 bits per heavy atom. The molecule has 1 N–H and O–H groups in total. The standard InChI is InChI=1S/C26H30N2O6/c1-6-32-22(29)21(28-24(31)34-25(3,4)5)26(17-27,20-14-10-11-18(2)15-20)23(30)33-16-19-12-8-7-9-13-19/h7-15,21H,6,16H2,1-5H3,(H,28,31)/t21-,26-/m0/s1. The Morgan fingerprint density at radius 2 is 1.71 bits per heavy atom. The van der Waals surface area contributed by atoms with E-state index in [4.69, 9.17) is 14.2 Å². The molecule has 2 aromatic rings. The molecule has 0 aromatic heterocycles. The highest BCUT2D eigenvalue weighted by Gasteiger charge is 2.55. The second-order valence-electron chi connectivity index (χ2n) is 8.68. The fourth-order valence-electron chi connectivity index (χ4n) is 3.30. The third kappa shape index (κ3) is 6.58. The first kappa shape index (κ1) is 26.4. The summed E-state index contributed by atoms with van der Waals surface area (Å²) in [7, 11) is 0. The van der Waals surface area contributed by atoms with Gasteiger partial charge < -0.3 is 19.5 Å². The van der Waals surface area contributed by atoms with Crippen molar-refractivity contribution in [3.05, 3.63) is 71.3 Å². The molecular formula is C26H30N2O6. The van der Waals surface area contributed by atoms with E-state index < -0.39 is 35.1 Å². The van der Waals surface area contributed by atoms with E-state index in [-0.39, 0.29) is 18.8 Å². The summed E-state index contributed by atoms with van der Waals surface area (Å²) in [4.78, 5) is 39.2. The average Bonchev–Trinajstić information content (AvgIpc) is 2.77. The van der Waals surface area contributed by atoms with Gasteiger partial charge in [0.05, 0.1) is 12.7 Å². The van der Waals surface area contributed by atoms with Crippen LogP contribution >= 0.6 is 0 Å². The number of nitrogens with one attached hydrogen (secondary N) is 1. The first-order chi connectivity index (χ1) is 16.0. The van der Waals surface area contributed by atoms with Crippen molar-refractivity contribution in [1.29, 1.82) is 5.26 Å². The third-order valence-corrected chi connectivity index (χ3v) is 4.80. The number of nitrogens with zero attached hydrogens (tertiary/aromatic N) is 1. The number of rotatable bonds is 8. The Balaban J connectivity index is 2.58. The molecule has 0 aliphatic carbocycles. The fourth-order valence-corrected chi connectivity index (χ4v) is 3.30. The minimum Gasteiger partial charge on any atom is -0.464 e. The molecule has 0 heterocycles. The zero-order valence-corrected chi connectivity index (χ0v) is 20.1. The minimum atomic E-state index is -2.23. The van der Waals surface area contributed by atoms with Crippen molar-refractivity contribution in [3.8, 4) is 6.07 Å². The minimum absolute atomic E-state index is 0.0281. The number of hydrogen-bond acceptors (Lipinski definition) is 7. The van der Waals surface area contributed by atoms with Crippen LogP contribution in [0.25, 0.3) is 0 Å². The molecule has 180 valence electrons. The van der Waals surface area contributed by atoms with Crippen molar-refractivity contribution in [2.75, 3.05) is 6.61 Å². The maximum Gasteiger partial charge on any atom is 0.408 e. The van der Waals surface area contributed by atoms with Crippen molar-refractivity contribution < 1.29 is 28.6 Å². The van der Waals surface area contributed by atoms with E-state index in [2.05, 4.69) is 5.32 Å². The Morgan fingerprint density at radius 1 is 1.03 bits per heavy atom. The van der Waals surface area contributed by atoms with Gasteiger partial charge >= 0.3 is 18.0 Å². The van der Waals surface area contributed by atoms with Gasteiger partial charge in [-0.1, -0.05) is 60.2 Å². The zero-order chi connectivity index (χ0) is 25.4. The van der Waals surface area contributed by atoms with Crippen LogP contribution < -0.4 is 5.32 Å². The quantitative estimate of drug-likeness (QED) is 0.463. The van der Waals surface area contributed by atoms with Crippen molar-refractivity contribution >= 4 is 18.0 Å². The van der Waals surface area contributed by atoms with Crippen LogP contribution in [0, 0.1) is 18.3 Å². The number of aryl methyl sites for hydroxylation is 1. The molecule has 0 saturated heterocycles. The SMILES string of the molecule is CCOC(=O)[C@H](NC(=O)OC(C)(C)C)[C@@](C#N)(C(=O)OCc1ccccc1)c1cccc(C)c1. The van der Waals surface area contributed by atoms with Crippen LogP contribution in [0.2, 0.25) is 0 Å². The molecule has 0 fully saturated rings. The highest BCUT2D eigenvalue weighted by atomic mass is 16.6. The Bertz CT molecular complexity index is 1050. The number of ether oxygens (including phenoxy) is 3. The number of esters is 2. The number of amides is 1. The van der Waals surface area contributed by atoms with Crippen LogP contribution in [-0.2, 0) is 35.8 Å². The summed E-state index contributed by atoms with van der Waals surface area (Å²) < 4.78 is 15.9. The lowest BCUT2D eigenvalue weighted by molar-refractivity contribution is -0.158. The highest BCUT2D eigenvalue weighted by molar-refractivity contribution is 5.97. The number of alkyl carbamates (subject to hydrolysis) is 1. The van der Waals surface area contributed by atoms with Gasteiger partial charge in [-0.15, -0.1) is 0 Å². The van der Waals surface area contributed by atoms with Crippen LogP contribution in [0.15, 0.2) is 54.6 Å². The summed E-state index contributed by atoms with van der Waals surface area (Å²) in [6, 6.07) is 15.7. The van der Waals surface area contributed by atoms with Gasteiger partial charge in [-0.3, -0.25) is 0 Å². The number of carbonyl (C=O) groups excluding carboxylic acids is 3. The Kier molecular flexibility index (Phi) is 8.79. The molecular weight excluding hydrogens is 436 g/mol. The fraction of sp³-hybridized carbons (Fsp3) is 0.385. The van der Waals surface area contributed by atoms with Crippen molar-refractivity contribution in [3.63, 3.8) is 0 Å². The predicted octanol–water partition coefficient (Wildman–Crippen LogP) is 3.96. The summed E-state index contributed by atoms with van der Waals surface area (Å²) in [6.45, 7) is 8.16. The van der Waals surface area contributed by atoms with Crippen molar-refractivity contribution in [1.82, 2.24) is 5.32 Å². The maximum atomic E-state index is 13.6. The lowest BCUT2D eigenvalue weighted by Crippen LogP contribution is -2.59. The zero-order valence-electron chi connectivity index (χ0n) is 20.1. The molecule has 8 heteroatoms. The van der Waals surface area contributed by atoms with E-state index in [0.717, 1.165) is 5.56 Å². The van der Waals surface area contributed by atoms with E-state index in [1.54, 1.807) is 77.1 Å². The molecule has 0 aliphatic heterocycles. The molecule has 0 bridgehead atoms. The van der Waals surface area contributed by atoms with E-state index >= 15 is 0 Å². The molecule has 1 amide bonds. The molecule has 2 atom stereocenters. The van der Waals surface area contributed by atoms with Gasteiger partial charge in [0, 0.05) is 0 Å². The van der Waals surface area contributed by atoms with Crippen LogP contribution in [-0.4, -0.2) is 36.3 Å². The summed E-state index contributed by atoms with van der Waals surface area (Å²) in [6.07, 6.45) is -0.978. The molecule has 0 radical (unpaired) electrons. The van der Waals surface area contributed by atoms with E-state index in [9.17, 15) is 19.6 Å². The van der Waals surface area contributed by atoms with Crippen molar-refractivity contribution in [2.45, 2.75) is 58.3 Å². The van der Waals surface area contributed by atoms with Gasteiger partial charge in [0.2, 0.25) is 5.41 Å². The third-order valence-electron chi connectivity index (χ3n) is 4.80. The van der Waals surface area contributed by atoms with Gasteiger partial charge in [-0.25, -0.2) is 14.4 Å². The molecule has 34 heavy (non-hydrogen) atoms. The summed E-state index contributed by atoms with van der Waals surface area (Å²) >= 11 is 0. The summed E-state index contributed by atoms with van der Waals surface area (Å²) in [5.41, 5.74) is -1.49. The normalized spacial score (nSPS) is 13.5. The molecule has 0 saturated carbocycles. The number of hydrogen-bond donors (Lipinski definition) is 1. The number of carbonyl (C=O) groups is 3. The lowest BCUT2D eigenvalue weighted by Gasteiger charge is -2.33. The smallest absolute Gasteiger partial charge is 0.408 e. The average molecular weight is 467 g/mol. The van der Waals surface area contributed by atoms with E-state index in [1.807, 2.05) is 12.1 Å². The lowest BCUT2D eigenvalue weighted by atomic mass is 9.74. The molecule has 8 nitrogen and oxygen atoms in total. The Labute approximate surface area is 199 Å². The van der Waals surface area contributed by atoms with Crippen LogP contribution in [0.4, 0.5) is 4.79 Å². The van der Waals surface area contributed by atoms with Crippen LogP contribution in [0.5, 0.6) is 0 Å². The van der Waals surface area contributed by atoms with Gasteiger partial charge in [-0.2, -0.15) is 5.26 Å². The summed E-state index contributed by atoms with van der Waals surface area (Å²) in [5.74, 6) is -1.97. The molecule has 2 aromatic carbocycles. The molecule has 2 rings (SSSR count). The van der Waals surface area contributed by atoms with Crippen LogP contribution in [0.1, 0.15) is 44.4 Å². The van der Waals surface area contributed by atoms with Crippen molar-refractivity contribution in [2.24, 2.45) is 0 Å². The molecule has 0 aliphatic rings. The van der Waals surface area contributed by atoms with Gasteiger partial charge in [-0.05, 0) is 45.7 Å². The van der Waals surface area contributed by atoms with Gasteiger partial charge in [0.1, 0.15) is 12.2 Å². The van der Waals surface area contributed by atoms with Gasteiger partial charge in [0.25, 0.3) is 0 Å². The molecule has 0 unspecified atom stereocenters. The summed E-state index contributed by atoms with van der Waals surface area (Å²) in [5, 5.41) is 12.8. The molecule has 0 spiro atoms. The Hall–Kier alpha value is -3.86. The number of benzene rings is 2. The second-order valence-corrected chi connectivity index (χ2v) is 8.68. The first-order valence-corrected chi connectivity index (χ1v) is 10.9. The largest absolute Gasteiger partial charge is 0.464 e. The highest BCUT2D eigenvalue weighted by Crippen LogP contribution is 2.32. The van der Waals surface area contributed by atoms with Crippen LogP contribution in [0.3, 0.4) is 0 Å². The first-order valence-electron chi connectivity index (χ1n) is 10.9. The maximum absolute atomic E-state index is 13.6. The topological polar surface area (TPSA) is 115 Å². The predicted molar refractivity (Wildman–Crippen MR) is 124 cm³/mol. The monoisotopic (exact) mass is 466 g/mol.